The number of nitrogens with one attached hydrogen (secondary N) is 1. The lowest BCUT2D eigenvalue weighted by atomic mass is 10.1. The summed E-state index contributed by atoms with van der Waals surface area (Å²) in [6, 6.07) is 15.0. The maximum Gasteiger partial charge on any atom is 0.264 e. The number of hydrogen-bond donors (Lipinski definition) is 1. The first-order valence-electron chi connectivity index (χ1n) is 10.1. The summed E-state index contributed by atoms with van der Waals surface area (Å²) in [5.41, 5.74) is 1.05. The number of benzene rings is 2. The van der Waals surface area contributed by atoms with Crippen LogP contribution in [-0.2, 0) is 10.0 Å². The fourth-order valence-electron chi connectivity index (χ4n) is 3.50. The van der Waals surface area contributed by atoms with E-state index in [1.165, 1.54) is 42.7 Å². The molecule has 1 aliphatic heterocycles. The van der Waals surface area contributed by atoms with Crippen molar-refractivity contribution in [2.24, 2.45) is 0 Å². The monoisotopic (exact) mass is 415 g/mol. The van der Waals surface area contributed by atoms with E-state index in [2.05, 4.69) is 10.2 Å². The minimum atomic E-state index is -3.67. The average Bonchev–Trinajstić information content (AvgIpc) is 2.77. The van der Waals surface area contributed by atoms with Crippen molar-refractivity contribution in [3.8, 4) is 0 Å². The summed E-state index contributed by atoms with van der Waals surface area (Å²) < 4.78 is 26.8. The third-order valence-electron chi connectivity index (χ3n) is 5.28. The molecule has 29 heavy (non-hydrogen) atoms. The predicted octanol–water partition coefficient (Wildman–Crippen LogP) is 3.12. The number of hydrogen-bond acceptors (Lipinski definition) is 4. The van der Waals surface area contributed by atoms with Crippen molar-refractivity contribution in [3.05, 3.63) is 60.2 Å². The molecule has 1 saturated heterocycles. The van der Waals surface area contributed by atoms with Crippen LogP contribution in [0, 0.1) is 0 Å². The zero-order valence-corrected chi connectivity index (χ0v) is 17.7. The second-order valence-electron chi connectivity index (χ2n) is 7.34. The number of likely N-dealkylation sites (tertiary alicyclic amines) is 1. The van der Waals surface area contributed by atoms with Crippen LogP contribution in [0.2, 0.25) is 0 Å². The Morgan fingerprint density at radius 3 is 2.31 bits per heavy atom. The number of para-hydroxylation sites is 1. The van der Waals surface area contributed by atoms with Gasteiger partial charge in [-0.05, 0) is 75.3 Å². The molecule has 0 spiro atoms. The first kappa shape index (κ1) is 21.3. The molecule has 7 heteroatoms. The summed E-state index contributed by atoms with van der Waals surface area (Å²) in [4.78, 5) is 14.9. The zero-order valence-electron chi connectivity index (χ0n) is 16.9. The van der Waals surface area contributed by atoms with Gasteiger partial charge in [-0.25, -0.2) is 8.42 Å². The first-order valence-corrected chi connectivity index (χ1v) is 11.6. The van der Waals surface area contributed by atoms with E-state index in [1.807, 2.05) is 6.07 Å². The highest BCUT2D eigenvalue weighted by Gasteiger charge is 2.21. The minimum absolute atomic E-state index is 0.158. The van der Waals surface area contributed by atoms with Crippen LogP contribution in [-0.4, -0.2) is 52.5 Å². The van der Waals surface area contributed by atoms with Gasteiger partial charge in [0.15, 0.2) is 0 Å². The molecule has 0 radical (unpaired) electrons. The fraction of sp³-hybridized carbons (Fsp3) is 0.409. The molecule has 0 saturated carbocycles. The van der Waals surface area contributed by atoms with E-state index in [1.54, 1.807) is 36.4 Å². The van der Waals surface area contributed by atoms with E-state index in [-0.39, 0.29) is 10.8 Å². The van der Waals surface area contributed by atoms with Gasteiger partial charge in [-0.1, -0.05) is 24.6 Å². The second-order valence-corrected chi connectivity index (χ2v) is 9.31. The Balaban J connectivity index is 1.54. The molecule has 2 aromatic carbocycles. The van der Waals surface area contributed by atoms with E-state index in [9.17, 15) is 13.2 Å². The molecule has 0 aliphatic carbocycles. The van der Waals surface area contributed by atoms with Crippen LogP contribution < -0.4 is 9.62 Å². The number of rotatable bonds is 8. The lowest BCUT2D eigenvalue weighted by molar-refractivity contribution is 0.0951. The Bertz CT molecular complexity index is 893. The largest absolute Gasteiger partial charge is 0.352 e. The normalized spacial score (nSPS) is 15.1. The van der Waals surface area contributed by atoms with E-state index in [0.717, 1.165) is 26.1 Å². The maximum absolute atomic E-state index is 12.8. The van der Waals surface area contributed by atoms with E-state index >= 15 is 0 Å². The molecular weight excluding hydrogens is 386 g/mol. The maximum atomic E-state index is 12.8. The van der Waals surface area contributed by atoms with Crippen molar-refractivity contribution >= 4 is 21.6 Å². The molecule has 3 rings (SSSR count). The molecule has 156 valence electrons. The number of carbonyl (C=O) groups is 1. The highest BCUT2D eigenvalue weighted by Crippen LogP contribution is 2.21. The SMILES string of the molecule is CN(c1ccccc1)S(=O)(=O)c1ccc(C(=O)NCCCN2CCCCC2)cc1. The van der Waals surface area contributed by atoms with Crippen molar-refractivity contribution < 1.29 is 13.2 Å². The van der Waals surface area contributed by atoms with Crippen LogP contribution in [0.5, 0.6) is 0 Å². The third kappa shape index (κ3) is 5.58. The summed E-state index contributed by atoms with van der Waals surface area (Å²) in [7, 11) is -2.15. The van der Waals surface area contributed by atoms with Crippen molar-refractivity contribution in [2.45, 2.75) is 30.6 Å². The summed E-state index contributed by atoms with van der Waals surface area (Å²) in [5.74, 6) is -0.177. The average molecular weight is 416 g/mol. The van der Waals surface area contributed by atoms with Crippen LogP contribution in [0.1, 0.15) is 36.0 Å². The number of nitrogens with zero attached hydrogens (tertiary/aromatic N) is 2. The van der Waals surface area contributed by atoms with Crippen molar-refractivity contribution in [1.82, 2.24) is 10.2 Å². The van der Waals surface area contributed by atoms with Gasteiger partial charge >= 0.3 is 0 Å². The molecule has 1 amide bonds. The van der Waals surface area contributed by atoms with Crippen LogP contribution in [0.4, 0.5) is 5.69 Å². The molecule has 2 aromatic rings. The second kappa shape index (κ2) is 9.89. The minimum Gasteiger partial charge on any atom is -0.352 e. The van der Waals surface area contributed by atoms with Gasteiger partial charge in [-0.2, -0.15) is 0 Å². The van der Waals surface area contributed by atoms with Crippen LogP contribution in [0.15, 0.2) is 59.5 Å². The summed E-state index contributed by atoms with van der Waals surface area (Å²) in [5, 5.41) is 2.92. The van der Waals surface area contributed by atoms with Crippen molar-refractivity contribution in [2.75, 3.05) is 37.5 Å². The lowest BCUT2D eigenvalue weighted by Crippen LogP contribution is -2.33. The van der Waals surface area contributed by atoms with Gasteiger partial charge in [-0.3, -0.25) is 9.10 Å². The fourth-order valence-corrected chi connectivity index (χ4v) is 4.70. The molecule has 0 bridgehead atoms. The Morgan fingerprint density at radius 2 is 1.66 bits per heavy atom. The summed E-state index contributed by atoms with van der Waals surface area (Å²) in [6.45, 7) is 3.93. The zero-order chi connectivity index (χ0) is 20.7. The van der Waals surface area contributed by atoms with Crippen molar-refractivity contribution in [1.29, 1.82) is 0 Å². The van der Waals surface area contributed by atoms with Gasteiger partial charge < -0.3 is 10.2 Å². The predicted molar refractivity (Wildman–Crippen MR) is 116 cm³/mol. The van der Waals surface area contributed by atoms with Crippen LogP contribution in [0.3, 0.4) is 0 Å². The molecule has 0 atom stereocenters. The highest BCUT2D eigenvalue weighted by atomic mass is 32.2. The van der Waals surface area contributed by atoms with E-state index in [4.69, 9.17) is 0 Å². The van der Waals surface area contributed by atoms with Crippen LogP contribution in [0.25, 0.3) is 0 Å². The third-order valence-corrected chi connectivity index (χ3v) is 7.08. The van der Waals surface area contributed by atoms with Gasteiger partial charge in [0.05, 0.1) is 10.6 Å². The lowest BCUT2D eigenvalue weighted by Gasteiger charge is -2.26. The highest BCUT2D eigenvalue weighted by molar-refractivity contribution is 7.92. The van der Waals surface area contributed by atoms with Gasteiger partial charge in [0.1, 0.15) is 0 Å². The van der Waals surface area contributed by atoms with Gasteiger partial charge in [0, 0.05) is 19.2 Å². The Labute approximate surface area is 173 Å². The topological polar surface area (TPSA) is 69.7 Å². The quantitative estimate of drug-likeness (QED) is 0.673. The molecule has 1 fully saturated rings. The Morgan fingerprint density at radius 1 is 1.00 bits per heavy atom. The van der Waals surface area contributed by atoms with Crippen LogP contribution >= 0.6 is 0 Å². The van der Waals surface area contributed by atoms with E-state index in [0.29, 0.717) is 17.8 Å². The number of carbonyl (C=O) groups excluding carboxylic acids is 1. The summed E-state index contributed by atoms with van der Waals surface area (Å²) >= 11 is 0. The van der Waals surface area contributed by atoms with Crippen molar-refractivity contribution in [3.63, 3.8) is 0 Å². The molecule has 0 unspecified atom stereocenters. The van der Waals surface area contributed by atoms with Gasteiger partial charge in [0.2, 0.25) is 0 Å². The Hall–Kier alpha value is -2.38. The smallest absolute Gasteiger partial charge is 0.264 e. The first-order chi connectivity index (χ1) is 14.0. The number of piperidine rings is 1. The number of sulfonamides is 1. The number of amides is 1. The summed E-state index contributed by atoms with van der Waals surface area (Å²) in [6.07, 6.45) is 4.77. The number of anilines is 1. The van der Waals surface area contributed by atoms with Gasteiger partial charge in [0.25, 0.3) is 15.9 Å². The standard InChI is InChI=1S/C22H29N3O3S/c1-24(20-9-4-2-5-10-20)29(27,28)21-13-11-19(12-14-21)22(26)23-15-8-18-25-16-6-3-7-17-25/h2,4-5,9-14H,3,6-8,15-18H2,1H3,(H,23,26). The molecular formula is C22H29N3O3S. The van der Waals surface area contributed by atoms with E-state index < -0.39 is 10.0 Å². The Kier molecular flexibility index (Phi) is 7.28. The molecule has 0 aromatic heterocycles. The molecule has 1 aliphatic rings. The molecule has 1 N–H and O–H groups in total. The molecule has 6 nitrogen and oxygen atoms in total. The molecule has 1 heterocycles. The van der Waals surface area contributed by atoms with Gasteiger partial charge in [-0.15, -0.1) is 0 Å².